The zero-order chi connectivity index (χ0) is 13.4. The zero-order valence-corrected chi connectivity index (χ0v) is 11.9. The Hall–Kier alpha value is -0.650. The summed E-state index contributed by atoms with van der Waals surface area (Å²) < 4.78 is 5.64. The molecule has 5 heteroatoms. The SMILES string of the molecule is CCCCNC(=O)C(C)N(C)CC1CNCCO1. The van der Waals surface area contributed by atoms with Crippen LogP contribution in [-0.2, 0) is 9.53 Å². The van der Waals surface area contributed by atoms with E-state index in [1.54, 1.807) is 0 Å². The maximum Gasteiger partial charge on any atom is 0.237 e. The summed E-state index contributed by atoms with van der Waals surface area (Å²) in [4.78, 5) is 13.9. The summed E-state index contributed by atoms with van der Waals surface area (Å²) in [7, 11) is 1.97. The fourth-order valence-corrected chi connectivity index (χ4v) is 1.95. The van der Waals surface area contributed by atoms with Crippen molar-refractivity contribution in [2.45, 2.75) is 38.8 Å². The first kappa shape index (κ1) is 15.4. The molecule has 2 atom stereocenters. The highest BCUT2D eigenvalue weighted by atomic mass is 16.5. The van der Waals surface area contributed by atoms with Crippen molar-refractivity contribution in [2.75, 3.05) is 39.8 Å². The Kier molecular flexibility index (Phi) is 7.23. The Bertz CT molecular complexity index is 242. The van der Waals surface area contributed by atoms with E-state index in [9.17, 15) is 4.79 Å². The second-order valence-corrected chi connectivity index (χ2v) is 4.96. The van der Waals surface area contributed by atoms with Crippen molar-refractivity contribution in [3.63, 3.8) is 0 Å². The molecule has 0 aromatic carbocycles. The lowest BCUT2D eigenvalue weighted by atomic mass is 10.2. The van der Waals surface area contributed by atoms with E-state index in [1.807, 2.05) is 14.0 Å². The lowest BCUT2D eigenvalue weighted by molar-refractivity contribution is -0.126. The molecule has 1 rings (SSSR count). The van der Waals surface area contributed by atoms with Gasteiger partial charge in [0, 0.05) is 26.2 Å². The molecule has 5 nitrogen and oxygen atoms in total. The molecule has 1 saturated heterocycles. The summed E-state index contributed by atoms with van der Waals surface area (Å²) in [6.45, 7) is 8.17. The number of carbonyl (C=O) groups is 1. The zero-order valence-electron chi connectivity index (χ0n) is 11.9. The second kappa shape index (κ2) is 8.45. The van der Waals surface area contributed by atoms with Gasteiger partial charge in [-0.1, -0.05) is 13.3 Å². The van der Waals surface area contributed by atoms with Crippen LogP contribution in [0.5, 0.6) is 0 Å². The minimum absolute atomic E-state index is 0.104. The van der Waals surface area contributed by atoms with E-state index in [-0.39, 0.29) is 18.1 Å². The molecule has 1 amide bonds. The maximum absolute atomic E-state index is 11.9. The van der Waals surface area contributed by atoms with Crippen LogP contribution >= 0.6 is 0 Å². The lowest BCUT2D eigenvalue weighted by Gasteiger charge is -2.30. The van der Waals surface area contributed by atoms with Gasteiger partial charge in [-0.25, -0.2) is 0 Å². The van der Waals surface area contributed by atoms with Crippen molar-refractivity contribution in [3.05, 3.63) is 0 Å². The number of likely N-dealkylation sites (N-methyl/N-ethyl adjacent to an activating group) is 1. The highest BCUT2D eigenvalue weighted by molar-refractivity contribution is 5.81. The first-order valence-electron chi connectivity index (χ1n) is 6.95. The number of carbonyl (C=O) groups excluding carboxylic acids is 1. The summed E-state index contributed by atoms with van der Waals surface area (Å²) in [5.74, 6) is 0.106. The van der Waals surface area contributed by atoms with Crippen molar-refractivity contribution >= 4 is 5.91 Å². The van der Waals surface area contributed by atoms with E-state index in [2.05, 4.69) is 22.5 Å². The van der Waals surface area contributed by atoms with Crippen molar-refractivity contribution < 1.29 is 9.53 Å². The number of hydrogen-bond acceptors (Lipinski definition) is 4. The van der Waals surface area contributed by atoms with Crippen LogP contribution in [0, 0.1) is 0 Å². The van der Waals surface area contributed by atoms with Crippen LogP contribution in [0.4, 0.5) is 0 Å². The third-order valence-corrected chi connectivity index (χ3v) is 3.37. The minimum atomic E-state index is -0.104. The molecule has 0 aromatic rings. The lowest BCUT2D eigenvalue weighted by Crippen LogP contribution is -2.50. The first-order chi connectivity index (χ1) is 8.65. The van der Waals surface area contributed by atoms with Crippen LogP contribution in [0.1, 0.15) is 26.7 Å². The Morgan fingerprint density at radius 2 is 2.39 bits per heavy atom. The molecule has 0 radical (unpaired) electrons. The van der Waals surface area contributed by atoms with Crippen LogP contribution in [0.2, 0.25) is 0 Å². The molecule has 1 heterocycles. The van der Waals surface area contributed by atoms with Crippen LogP contribution in [0.3, 0.4) is 0 Å². The van der Waals surface area contributed by atoms with E-state index in [4.69, 9.17) is 4.74 Å². The number of amides is 1. The molecule has 1 aliphatic rings. The van der Waals surface area contributed by atoms with Gasteiger partial charge >= 0.3 is 0 Å². The normalized spacial score (nSPS) is 21.9. The van der Waals surface area contributed by atoms with Gasteiger partial charge in [-0.15, -0.1) is 0 Å². The Balaban J connectivity index is 2.25. The molecule has 2 N–H and O–H groups in total. The van der Waals surface area contributed by atoms with E-state index in [0.29, 0.717) is 0 Å². The van der Waals surface area contributed by atoms with Gasteiger partial charge < -0.3 is 15.4 Å². The van der Waals surface area contributed by atoms with E-state index < -0.39 is 0 Å². The number of unbranched alkanes of at least 4 members (excludes halogenated alkanes) is 1. The van der Waals surface area contributed by atoms with Crippen molar-refractivity contribution in [3.8, 4) is 0 Å². The minimum Gasteiger partial charge on any atom is -0.374 e. The average molecular weight is 257 g/mol. The highest BCUT2D eigenvalue weighted by Gasteiger charge is 2.22. The summed E-state index contributed by atoms with van der Waals surface area (Å²) in [6.07, 6.45) is 2.33. The largest absolute Gasteiger partial charge is 0.374 e. The van der Waals surface area contributed by atoms with Gasteiger partial charge in [0.2, 0.25) is 5.91 Å². The predicted octanol–water partition coefficient (Wildman–Crippen LogP) is 0.211. The van der Waals surface area contributed by atoms with Gasteiger partial charge in [0.25, 0.3) is 0 Å². The number of morpholine rings is 1. The van der Waals surface area contributed by atoms with Crippen molar-refractivity contribution in [1.82, 2.24) is 15.5 Å². The molecule has 0 bridgehead atoms. The van der Waals surface area contributed by atoms with E-state index >= 15 is 0 Å². The standard InChI is InChI=1S/C13H27N3O2/c1-4-5-6-15-13(17)11(2)16(3)10-12-9-14-7-8-18-12/h11-12,14H,4-10H2,1-3H3,(H,15,17). The summed E-state index contributed by atoms with van der Waals surface area (Å²) in [5, 5.41) is 6.26. The van der Waals surface area contributed by atoms with Gasteiger partial charge in [0.15, 0.2) is 0 Å². The van der Waals surface area contributed by atoms with Gasteiger partial charge in [-0.2, -0.15) is 0 Å². The summed E-state index contributed by atoms with van der Waals surface area (Å²) >= 11 is 0. The third kappa shape index (κ3) is 5.33. The molecule has 0 spiro atoms. The Labute approximate surface area is 110 Å². The van der Waals surface area contributed by atoms with Crippen molar-refractivity contribution in [1.29, 1.82) is 0 Å². The van der Waals surface area contributed by atoms with E-state index in [0.717, 1.165) is 45.6 Å². The molecule has 0 aliphatic carbocycles. The quantitative estimate of drug-likeness (QED) is 0.640. The van der Waals surface area contributed by atoms with Crippen LogP contribution in [0.15, 0.2) is 0 Å². The Morgan fingerprint density at radius 1 is 1.61 bits per heavy atom. The van der Waals surface area contributed by atoms with Crippen LogP contribution in [-0.4, -0.2) is 62.8 Å². The fraction of sp³-hybridized carbons (Fsp3) is 0.923. The Morgan fingerprint density at radius 3 is 3.00 bits per heavy atom. The summed E-state index contributed by atoms with van der Waals surface area (Å²) in [5.41, 5.74) is 0. The van der Waals surface area contributed by atoms with Crippen molar-refractivity contribution in [2.24, 2.45) is 0 Å². The average Bonchev–Trinajstić information content (AvgIpc) is 2.39. The molecule has 2 unspecified atom stereocenters. The second-order valence-electron chi connectivity index (χ2n) is 4.96. The van der Waals surface area contributed by atoms with Gasteiger partial charge in [0.1, 0.15) is 0 Å². The fourth-order valence-electron chi connectivity index (χ4n) is 1.95. The molecular weight excluding hydrogens is 230 g/mol. The van der Waals surface area contributed by atoms with Gasteiger partial charge in [-0.3, -0.25) is 9.69 Å². The number of nitrogens with one attached hydrogen (secondary N) is 2. The number of hydrogen-bond donors (Lipinski definition) is 2. The van der Waals surface area contributed by atoms with Crippen LogP contribution < -0.4 is 10.6 Å². The highest BCUT2D eigenvalue weighted by Crippen LogP contribution is 2.03. The predicted molar refractivity (Wildman–Crippen MR) is 72.6 cm³/mol. The maximum atomic E-state index is 11.9. The third-order valence-electron chi connectivity index (χ3n) is 3.37. The molecule has 106 valence electrons. The molecule has 18 heavy (non-hydrogen) atoms. The number of rotatable bonds is 7. The van der Waals surface area contributed by atoms with E-state index in [1.165, 1.54) is 0 Å². The molecule has 0 aromatic heterocycles. The smallest absolute Gasteiger partial charge is 0.237 e. The molecule has 1 fully saturated rings. The molecule has 0 saturated carbocycles. The number of nitrogens with zero attached hydrogens (tertiary/aromatic N) is 1. The topological polar surface area (TPSA) is 53.6 Å². The number of ether oxygens (including phenoxy) is 1. The molecular formula is C13H27N3O2. The molecule has 1 aliphatic heterocycles. The summed E-state index contributed by atoms with van der Waals surface area (Å²) in [6, 6.07) is -0.104. The first-order valence-corrected chi connectivity index (χ1v) is 6.95. The van der Waals surface area contributed by atoms with Crippen LogP contribution in [0.25, 0.3) is 0 Å². The van der Waals surface area contributed by atoms with Gasteiger partial charge in [-0.05, 0) is 20.4 Å². The monoisotopic (exact) mass is 257 g/mol. The van der Waals surface area contributed by atoms with Gasteiger partial charge in [0.05, 0.1) is 18.8 Å².